The van der Waals surface area contributed by atoms with Crippen LogP contribution in [0.5, 0.6) is 0 Å². The molecule has 0 aromatic rings. The van der Waals surface area contributed by atoms with E-state index in [1.54, 1.807) is 0 Å². The van der Waals surface area contributed by atoms with Gasteiger partial charge < -0.3 is 24.8 Å². The van der Waals surface area contributed by atoms with Crippen molar-refractivity contribution in [2.24, 2.45) is 0 Å². The van der Waals surface area contributed by atoms with Crippen LogP contribution in [0.3, 0.4) is 0 Å². The van der Waals surface area contributed by atoms with Gasteiger partial charge in [0.05, 0.1) is 0 Å². The second-order valence-corrected chi connectivity index (χ2v) is 10.6. The van der Waals surface area contributed by atoms with Gasteiger partial charge in [-0.2, -0.15) is 12.2 Å². The zero-order valence-electron chi connectivity index (χ0n) is 12.1. The zero-order valence-corrected chi connectivity index (χ0v) is 18.4. The van der Waals surface area contributed by atoms with Gasteiger partial charge in [0.15, 0.2) is 0 Å². The van der Waals surface area contributed by atoms with Gasteiger partial charge in [-0.05, 0) is 0 Å². The average Bonchev–Trinajstić information content (AvgIpc) is 2.93. The van der Waals surface area contributed by atoms with E-state index in [1.165, 1.54) is 10.4 Å². The molecule has 5 heteroatoms. The number of halogens is 2. The number of hydrogen-bond acceptors (Lipinski definition) is 0. The van der Waals surface area contributed by atoms with Crippen LogP contribution in [0.25, 0.3) is 0 Å². The predicted molar refractivity (Wildman–Crippen MR) is 78.8 cm³/mol. The first-order valence-corrected chi connectivity index (χ1v) is 11.9. The molecule has 0 radical (unpaired) electrons. The topological polar surface area (TPSA) is 0 Å². The van der Waals surface area contributed by atoms with E-state index in [1.807, 2.05) is 0 Å². The standard InChI is InChI=1S/2C7H11Si.2ClH.Zr/c2*1-8(2)7-5-3-4-6-7;;;/h2*3,5,8H,4H2,1-2H3;2*1H;/q2*-1;;;+4/p-2. The molecule has 0 aromatic carbocycles. The third-order valence-electron chi connectivity index (χ3n) is 2.69. The Labute approximate surface area is 153 Å². The zero-order chi connectivity index (χ0) is 12.0. The molecular weight excluding hydrogens is 386 g/mol. The SMILES string of the molecule is C[SiH](C)C1=[C-]CC=C1.C[SiH](C)C1=[C-]CC=C1.[Cl-].[Cl-].[Zr+4]. The molecule has 0 spiro atoms. The molecular formula is C14H22Cl2Si2Zr. The van der Waals surface area contributed by atoms with E-state index in [-0.39, 0.29) is 51.0 Å². The second kappa shape index (κ2) is 13.8. The van der Waals surface area contributed by atoms with Crippen molar-refractivity contribution in [1.29, 1.82) is 0 Å². The Kier molecular flexibility index (Phi) is 18.1. The van der Waals surface area contributed by atoms with Crippen molar-refractivity contribution in [3.05, 3.63) is 46.8 Å². The minimum Gasteiger partial charge on any atom is -1.00 e. The molecule has 0 nitrogen and oxygen atoms in total. The van der Waals surface area contributed by atoms with E-state index in [0.717, 1.165) is 12.8 Å². The van der Waals surface area contributed by atoms with Crippen LogP contribution in [0.15, 0.2) is 34.7 Å². The van der Waals surface area contributed by atoms with Crippen LogP contribution in [0.1, 0.15) is 12.8 Å². The summed E-state index contributed by atoms with van der Waals surface area (Å²) in [5, 5.41) is 3.01. The van der Waals surface area contributed by atoms with Crippen LogP contribution in [-0.4, -0.2) is 17.6 Å². The number of hydrogen-bond donors (Lipinski definition) is 0. The van der Waals surface area contributed by atoms with Crippen LogP contribution < -0.4 is 24.8 Å². The minimum atomic E-state index is -0.504. The van der Waals surface area contributed by atoms with E-state index in [0.29, 0.717) is 0 Å². The van der Waals surface area contributed by atoms with E-state index in [2.05, 4.69) is 62.6 Å². The molecule has 0 unspecified atom stereocenters. The summed E-state index contributed by atoms with van der Waals surface area (Å²) in [6.07, 6.45) is 17.6. The summed E-state index contributed by atoms with van der Waals surface area (Å²) in [6.45, 7) is 9.33. The van der Waals surface area contributed by atoms with Crippen molar-refractivity contribution in [3.8, 4) is 0 Å². The minimum absolute atomic E-state index is 0. The Balaban J connectivity index is -0.000000233. The smallest absolute Gasteiger partial charge is 1.00 e. The predicted octanol–water partition coefficient (Wildman–Crippen LogP) is -2.59. The average molecular weight is 409 g/mol. The van der Waals surface area contributed by atoms with E-state index in [9.17, 15) is 0 Å². The van der Waals surface area contributed by atoms with Gasteiger partial charge in [0, 0.05) is 17.6 Å². The largest absolute Gasteiger partial charge is 4.00 e. The maximum absolute atomic E-state index is 3.32. The fourth-order valence-corrected chi connectivity index (χ4v) is 3.73. The van der Waals surface area contributed by atoms with Crippen molar-refractivity contribution in [2.75, 3.05) is 0 Å². The van der Waals surface area contributed by atoms with Crippen LogP contribution in [0.2, 0.25) is 26.2 Å². The van der Waals surface area contributed by atoms with Gasteiger partial charge in [-0.25, -0.2) is 22.5 Å². The van der Waals surface area contributed by atoms with Crippen molar-refractivity contribution < 1.29 is 51.0 Å². The van der Waals surface area contributed by atoms with Crippen molar-refractivity contribution in [1.82, 2.24) is 0 Å². The fourth-order valence-electron chi connectivity index (χ4n) is 1.64. The van der Waals surface area contributed by atoms with E-state index >= 15 is 0 Å². The van der Waals surface area contributed by atoms with Gasteiger partial charge in [-0.1, -0.05) is 26.2 Å². The quantitative estimate of drug-likeness (QED) is 0.348. The Morgan fingerprint density at radius 3 is 1.21 bits per heavy atom. The number of allylic oxidation sites excluding steroid dienone is 8. The number of rotatable bonds is 2. The molecule has 2 rings (SSSR count). The molecule has 0 amide bonds. The third-order valence-corrected chi connectivity index (χ3v) is 5.97. The van der Waals surface area contributed by atoms with E-state index in [4.69, 9.17) is 0 Å². The van der Waals surface area contributed by atoms with Gasteiger partial charge in [0.1, 0.15) is 0 Å². The molecule has 0 saturated carbocycles. The van der Waals surface area contributed by atoms with Crippen molar-refractivity contribution in [3.63, 3.8) is 0 Å². The van der Waals surface area contributed by atoms with Crippen LogP contribution >= 0.6 is 0 Å². The molecule has 0 aliphatic heterocycles. The third kappa shape index (κ3) is 10.3. The molecule has 0 saturated heterocycles. The second-order valence-electron chi connectivity index (χ2n) is 4.79. The normalized spacial score (nSPS) is 14.8. The Morgan fingerprint density at radius 2 is 1.11 bits per heavy atom. The van der Waals surface area contributed by atoms with Gasteiger partial charge >= 0.3 is 26.2 Å². The molecule has 2 aliphatic carbocycles. The van der Waals surface area contributed by atoms with E-state index < -0.39 is 17.6 Å². The van der Waals surface area contributed by atoms with Crippen LogP contribution in [0.4, 0.5) is 0 Å². The summed E-state index contributed by atoms with van der Waals surface area (Å²) < 4.78 is 0. The molecule has 104 valence electrons. The molecule has 0 N–H and O–H groups in total. The van der Waals surface area contributed by atoms with Gasteiger partial charge in [-0.15, -0.1) is 12.8 Å². The summed E-state index contributed by atoms with van der Waals surface area (Å²) in [6, 6.07) is 0. The van der Waals surface area contributed by atoms with Gasteiger partial charge in [0.2, 0.25) is 0 Å². The Hall–Kier alpha value is 0.857. The first-order valence-electron chi connectivity index (χ1n) is 6.15. The first-order chi connectivity index (χ1) is 7.61. The summed E-state index contributed by atoms with van der Waals surface area (Å²) in [4.78, 5) is 0. The molecule has 0 heterocycles. The Morgan fingerprint density at radius 1 is 0.789 bits per heavy atom. The maximum Gasteiger partial charge on any atom is 4.00 e. The summed E-state index contributed by atoms with van der Waals surface area (Å²) in [5.41, 5.74) is 0. The molecule has 0 atom stereocenters. The first kappa shape index (κ1) is 24.8. The summed E-state index contributed by atoms with van der Waals surface area (Å²) in [5.74, 6) is 0. The van der Waals surface area contributed by atoms with Crippen LogP contribution in [0, 0.1) is 12.2 Å². The van der Waals surface area contributed by atoms with Crippen molar-refractivity contribution >= 4 is 17.6 Å². The van der Waals surface area contributed by atoms with Gasteiger partial charge in [-0.3, -0.25) is 12.2 Å². The summed E-state index contributed by atoms with van der Waals surface area (Å²) >= 11 is 0. The maximum atomic E-state index is 3.32. The van der Waals surface area contributed by atoms with Crippen LogP contribution in [-0.2, 0) is 26.2 Å². The van der Waals surface area contributed by atoms with Gasteiger partial charge in [0.25, 0.3) is 0 Å². The molecule has 0 aromatic heterocycles. The van der Waals surface area contributed by atoms with Crippen molar-refractivity contribution in [2.45, 2.75) is 39.0 Å². The monoisotopic (exact) mass is 406 g/mol. The molecule has 2 aliphatic rings. The summed E-state index contributed by atoms with van der Waals surface area (Å²) in [7, 11) is -1.01. The molecule has 0 bridgehead atoms. The molecule has 19 heavy (non-hydrogen) atoms. The molecule has 0 fully saturated rings. The Bertz CT molecular complexity index is 311. The fraction of sp³-hybridized carbons (Fsp3) is 0.429.